The summed E-state index contributed by atoms with van der Waals surface area (Å²) in [7, 11) is 0. The molecule has 1 saturated heterocycles. The molecule has 1 aliphatic rings. The summed E-state index contributed by atoms with van der Waals surface area (Å²) >= 11 is 3.43. The van der Waals surface area contributed by atoms with E-state index in [1.165, 1.54) is 5.56 Å². The zero-order chi connectivity index (χ0) is 10.7. The van der Waals surface area contributed by atoms with Gasteiger partial charge in [-0.1, -0.05) is 0 Å². The lowest BCUT2D eigenvalue weighted by molar-refractivity contribution is 0.154. The van der Waals surface area contributed by atoms with Crippen LogP contribution in [0.25, 0.3) is 0 Å². The Balaban J connectivity index is 2.12. The highest BCUT2D eigenvalue weighted by Gasteiger charge is 2.33. The maximum Gasteiger partial charge on any atom is 0.0538 e. The summed E-state index contributed by atoms with van der Waals surface area (Å²) in [5.74, 6) is 0. The highest BCUT2D eigenvalue weighted by atomic mass is 79.9. The van der Waals surface area contributed by atoms with Crippen molar-refractivity contribution in [2.75, 3.05) is 19.8 Å². The largest absolute Gasteiger partial charge is 0.381 e. The molecule has 0 saturated carbocycles. The highest BCUT2D eigenvalue weighted by Crippen LogP contribution is 2.31. The number of ether oxygens (including phenoxy) is 1. The molecule has 0 aliphatic carbocycles. The van der Waals surface area contributed by atoms with E-state index in [2.05, 4.69) is 27.0 Å². The van der Waals surface area contributed by atoms with Crippen LogP contribution >= 0.6 is 15.9 Å². The van der Waals surface area contributed by atoms with E-state index in [1.807, 2.05) is 6.20 Å². The number of hydrogen-bond donors (Lipinski definition) is 1. The van der Waals surface area contributed by atoms with Crippen molar-refractivity contribution >= 4 is 15.9 Å². The van der Waals surface area contributed by atoms with E-state index in [0.29, 0.717) is 6.54 Å². The minimum absolute atomic E-state index is 0.127. The van der Waals surface area contributed by atoms with Crippen molar-refractivity contribution in [2.45, 2.75) is 12.8 Å². The minimum Gasteiger partial charge on any atom is -0.381 e. The normalized spacial score (nSPS) is 25.7. The Kier molecular flexibility index (Phi) is 3.38. The minimum atomic E-state index is 0.127. The Morgan fingerprint density at radius 1 is 1.53 bits per heavy atom. The van der Waals surface area contributed by atoms with Crippen LogP contribution in [0.3, 0.4) is 0 Å². The van der Waals surface area contributed by atoms with E-state index in [-0.39, 0.29) is 5.41 Å². The monoisotopic (exact) mass is 270 g/mol. The second kappa shape index (κ2) is 4.60. The van der Waals surface area contributed by atoms with E-state index < -0.39 is 0 Å². The van der Waals surface area contributed by atoms with E-state index in [0.717, 1.165) is 30.5 Å². The molecule has 2 heterocycles. The van der Waals surface area contributed by atoms with Crippen LogP contribution in [0.2, 0.25) is 0 Å². The van der Waals surface area contributed by atoms with Crippen molar-refractivity contribution in [1.29, 1.82) is 0 Å². The van der Waals surface area contributed by atoms with Crippen LogP contribution in [0.5, 0.6) is 0 Å². The average Bonchev–Trinajstić information content (AvgIpc) is 2.67. The number of pyridine rings is 1. The van der Waals surface area contributed by atoms with E-state index in [4.69, 9.17) is 10.5 Å². The van der Waals surface area contributed by atoms with Crippen molar-refractivity contribution < 1.29 is 4.74 Å². The first-order chi connectivity index (χ1) is 7.24. The van der Waals surface area contributed by atoms with Gasteiger partial charge in [0.2, 0.25) is 0 Å². The van der Waals surface area contributed by atoms with Gasteiger partial charge in [-0.25, -0.2) is 0 Å². The molecular formula is C11H15BrN2O. The Labute approximate surface area is 98.2 Å². The lowest BCUT2D eigenvalue weighted by Crippen LogP contribution is -2.33. The zero-order valence-corrected chi connectivity index (χ0v) is 10.2. The Hall–Kier alpha value is -0.450. The maximum atomic E-state index is 5.84. The third-order valence-corrected chi connectivity index (χ3v) is 3.39. The summed E-state index contributed by atoms with van der Waals surface area (Å²) in [6.45, 7) is 2.29. The molecule has 2 N–H and O–H groups in total. The van der Waals surface area contributed by atoms with Crippen LogP contribution in [-0.2, 0) is 11.2 Å². The molecule has 1 aromatic heterocycles. The Bertz CT molecular complexity index is 337. The molecule has 0 amide bonds. The average molecular weight is 271 g/mol. The molecule has 1 fully saturated rings. The summed E-state index contributed by atoms with van der Waals surface area (Å²) < 4.78 is 6.46. The zero-order valence-electron chi connectivity index (χ0n) is 8.58. The standard InChI is InChI=1S/C11H15BrN2O/c12-10-3-9(5-14-6-10)4-11(7-13)1-2-15-8-11/h3,5-6H,1-2,4,7-8,13H2. The van der Waals surface area contributed by atoms with Gasteiger partial charge in [-0.2, -0.15) is 0 Å². The predicted molar refractivity (Wildman–Crippen MR) is 62.6 cm³/mol. The van der Waals surface area contributed by atoms with Crippen LogP contribution in [0.4, 0.5) is 0 Å². The molecule has 1 unspecified atom stereocenters. The van der Waals surface area contributed by atoms with Gasteiger partial charge < -0.3 is 10.5 Å². The molecule has 1 aromatic rings. The molecular weight excluding hydrogens is 256 g/mol. The van der Waals surface area contributed by atoms with Crippen LogP contribution in [0.1, 0.15) is 12.0 Å². The Morgan fingerprint density at radius 3 is 3.00 bits per heavy atom. The van der Waals surface area contributed by atoms with Gasteiger partial charge >= 0.3 is 0 Å². The van der Waals surface area contributed by atoms with Gasteiger partial charge in [-0.05, 0) is 40.4 Å². The third-order valence-electron chi connectivity index (χ3n) is 2.96. The molecule has 0 aromatic carbocycles. The quantitative estimate of drug-likeness (QED) is 0.911. The number of nitrogens with zero attached hydrogens (tertiary/aromatic N) is 1. The van der Waals surface area contributed by atoms with Crippen molar-refractivity contribution in [3.8, 4) is 0 Å². The summed E-state index contributed by atoms with van der Waals surface area (Å²) in [5, 5.41) is 0. The summed E-state index contributed by atoms with van der Waals surface area (Å²) in [5.41, 5.74) is 7.19. The van der Waals surface area contributed by atoms with Gasteiger partial charge in [0.1, 0.15) is 0 Å². The maximum absolute atomic E-state index is 5.84. The van der Waals surface area contributed by atoms with Gasteiger partial charge in [-0.3, -0.25) is 4.98 Å². The lowest BCUT2D eigenvalue weighted by Gasteiger charge is -2.25. The molecule has 15 heavy (non-hydrogen) atoms. The second-order valence-corrected chi connectivity index (χ2v) is 5.11. The first kappa shape index (κ1) is 11.0. The first-order valence-corrected chi connectivity index (χ1v) is 5.91. The van der Waals surface area contributed by atoms with Crippen molar-refractivity contribution in [3.63, 3.8) is 0 Å². The number of aromatic nitrogens is 1. The van der Waals surface area contributed by atoms with E-state index >= 15 is 0 Å². The van der Waals surface area contributed by atoms with Gasteiger partial charge in [0.15, 0.2) is 0 Å². The molecule has 2 rings (SSSR count). The molecule has 82 valence electrons. The lowest BCUT2D eigenvalue weighted by atomic mass is 9.81. The molecule has 0 radical (unpaired) electrons. The number of nitrogens with two attached hydrogens (primary N) is 1. The van der Waals surface area contributed by atoms with Crippen LogP contribution in [0, 0.1) is 5.41 Å². The number of hydrogen-bond acceptors (Lipinski definition) is 3. The Morgan fingerprint density at radius 2 is 2.40 bits per heavy atom. The van der Waals surface area contributed by atoms with E-state index in [1.54, 1.807) is 6.20 Å². The van der Waals surface area contributed by atoms with Crippen molar-refractivity contribution in [1.82, 2.24) is 4.98 Å². The fourth-order valence-corrected chi connectivity index (χ4v) is 2.42. The fraction of sp³-hybridized carbons (Fsp3) is 0.545. The van der Waals surface area contributed by atoms with Gasteiger partial charge in [0.25, 0.3) is 0 Å². The van der Waals surface area contributed by atoms with Crippen molar-refractivity contribution in [3.05, 3.63) is 28.5 Å². The summed E-state index contributed by atoms with van der Waals surface area (Å²) in [6.07, 6.45) is 5.70. The van der Waals surface area contributed by atoms with Crippen molar-refractivity contribution in [2.24, 2.45) is 11.1 Å². The number of rotatable bonds is 3. The van der Waals surface area contributed by atoms with Gasteiger partial charge in [0, 0.05) is 35.4 Å². The van der Waals surface area contributed by atoms with Crippen LogP contribution in [0.15, 0.2) is 22.9 Å². The molecule has 4 heteroatoms. The summed E-state index contributed by atoms with van der Waals surface area (Å²) in [6, 6.07) is 2.10. The molecule has 0 bridgehead atoms. The van der Waals surface area contributed by atoms with Crippen LogP contribution in [-0.4, -0.2) is 24.7 Å². The fourth-order valence-electron chi connectivity index (χ4n) is 2.01. The molecule has 0 spiro atoms. The SMILES string of the molecule is NCC1(Cc2cncc(Br)c2)CCOC1. The number of halogens is 1. The molecule has 1 aliphatic heterocycles. The topological polar surface area (TPSA) is 48.1 Å². The van der Waals surface area contributed by atoms with E-state index in [9.17, 15) is 0 Å². The predicted octanol–water partition coefficient (Wildman–Crippen LogP) is 1.75. The van der Waals surface area contributed by atoms with Gasteiger partial charge in [0.05, 0.1) is 6.61 Å². The highest BCUT2D eigenvalue weighted by molar-refractivity contribution is 9.10. The third kappa shape index (κ3) is 2.56. The van der Waals surface area contributed by atoms with Crippen LogP contribution < -0.4 is 5.73 Å². The summed E-state index contributed by atoms with van der Waals surface area (Å²) in [4.78, 5) is 4.16. The molecule has 3 nitrogen and oxygen atoms in total. The first-order valence-electron chi connectivity index (χ1n) is 5.11. The van der Waals surface area contributed by atoms with Gasteiger partial charge in [-0.15, -0.1) is 0 Å². The smallest absolute Gasteiger partial charge is 0.0538 e. The molecule has 1 atom stereocenters. The second-order valence-electron chi connectivity index (χ2n) is 4.19.